The number of esters is 1. The Hall–Kier alpha value is -1.43. The van der Waals surface area contributed by atoms with E-state index in [2.05, 4.69) is 25.9 Å². The third kappa shape index (κ3) is 6.33. The summed E-state index contributed by atoms with van der Waals surface area (Å²) in [5, 5.41) is 0. The van der Waals surface area contributed by atoms with Crippen LogP contribution in [0.1, 0.15) is 39.3 Å². The number of nitrogens with zero attached hydrogens (tertiary/aromatic N) is 2. The lowest BCUT2D eigenvalue weighted by Crippen LogP contribution is -2.23. The third-order valence-electron chi connectivity index (χ3n) is 2.01. The van der Waals surface area contributed by atoms with Gasteiger partial charge in [-0.2, -0.15) is 0 Å². The molecule has 0 fully saturated rings. The van der Waals surface area contributed by atoms with E-state index >= 15 is 0 Å². The molecule has 104 valence electrons. The van der Waals surface area contributed by atoms with E-state index in [1.54, 1.807) is 6.08 Å². The van der Waals surface area contributed by atoms with E-state index < -0.39 is 5.60 Å². The molecule has 0 aliphatic carbocycles. The average molecular weight is 328 g/mol. The van der Waals surface area contributed by atoms with Crippen LogP contribution in [0.25, 0.3) is 6.08 Å². The highest BCUT2D eigenvalue weighted by atomic mass is 79.9. The molecule has 1 aromatic rings. The Kier molecular flexibility index (Phi) is 5.47. The van der Waals surface area contributed by atoms with Gasteiger partial charge < -0.3 is 10.5 Å². The minimum Gasteiger partial charge on any atom is -0.460 e. The summed E-state index contributed by atoms with van der Waals surface area (Å²) < 4.78 is 5.82. The lowest BCUT2D eigenvalue weighted by molar-refractivity contribution is -0.154. The SMILES string of the molecule is CC(C)(C)OC(=O)CC/C=C/c1nc(Br)cnc1N. The summed E-state index contributed by atoms with van der Waals surface area (Å²) in [6.45, 7) is 5.54. The molecule has 0 unspecified atom stereocenters. The summed E-state index contributed by atoms with van der Waals surface area (Å²) in [4.78, 5) is 19.6. The van der Waals surface area contributed by atoms with Crippen LogP contribution < -0.4 is 5.73 Å². The molecule has 2 N–H and O–H groups in total. The van der Waals surface area contributed by atoms with E-state index in [1.165, 1.54) is 6.20 Å². The Balaban J connectivity index is 2.47. The molecule has 0 aliphatic rings. The molecule has 0 amide bonds. The quantitative estimate of drug-likeness (QED) is 0.860. The van der Waals surface area contributed by atoms with E-state index in [0.717, 1.165) is 0 Å². The Bertz CT molecular complexity index is 481. The smallest absolute Gasteiger partial charge is 0.306 e. The van der Waals surface area contributed by atoms with Crippen molar-refractivity contribution in [2.75, 3.05) is 5.73 Å². The zero-order chi connectivity index (χ0) is 14.5. The van der Waals surface area contributed by atoms with Crippen LogP contribution in [0, 0.1) is 0 Å². The summed E-state index contributed by atoms with van der Waals surface area (Å²) >= 11 is 3.22. The van der Waals surface area contributed by atoms with Crippen LogP contribution in [0.4, 0.5) is 5.82 Å². The predicted octanol–water partition coefficient (Wildman–Crippen LogP) is 2.96. The zero-order valence-electron chi connectivity index (χ0n) is 11.3. The highest BCUT2D eigenvalue weighted by Gasteiger charge is 2.15. The van der Waals surface area contributed by atoms with E-state index in [1.807, 2.05) is 26.8 Å². The maximum atomic E-state index is 11.5. The van der Waals surface area contributed by atoms with Gasteiger partial charge >= 0.3 is 5.97 Å². The number of ether oxygens (including phenoxy) is 1. The first kappa shape index (κ1) is 15.6. The normalized spacial score (nSPS) is 11.8. The predicted molar refractivity (Wildman–Crippen MR) is 78.3 cm³/mol. The van der Waals surface area contributed by atoms with E-state index in [0.29, 0.717) is 29.0 Å². The van der Waals surface area contributed by atoms with Gasteiger partial charge in [0.15, 0.2) is 0 Å². The molecular weight excluding hydrogens is 310 g/mol. The topological polar surface area (TPSA) is 78.1 Å². The fraction of sp³-hybridized carbons (Fsp3) is 0.462. The number of halogens is 1. The molecule has 0 radical (unpaired) electrons. The van der Waals surface area contributed by atoms with Gasteiger partial charge in [-0.1, -0.05) is 6.08 Å². The van der Waals surface area contributed by atoms with Crippen molar-refractivity contribution in [3.8, 4) is 0 Å². The second-order valence-corrected chi connectivity index (χ2v) is 5.80. The third-order valence-corrected chi connectivity index (χ3v) is 2.39. The fourth-order valence-electron chi connectivity index (χ4n) is 1.30. The molecule has 0 bridgehead atoms. The van der Waals surface area contributed by atoms with Crippen LogP contribution in [0.3, 0.4) is 0 Å². The number of rotatable bonds is 4. The molecule has 5 nitrogen and oxygen atoms in total. The van der Waals surface area contributed by atoms with Gasteiger partial charge in [0, 0.05) is 6.42 Å². The minimum absolute atomic E-state index is 0.217. The number of carbonyl (C=O) groups excluding carboxylic acids is 1. The molecule has 1 heterocycles. The van der Waals surface area contributed by atoms with Crippen LogP contribution in [0.2, 0.25) is 0 Å². The molecule has 0 saturated heterocycles. The van der Waals surface area contributed by atoms with Crippen molar-refractivity contribution in [2.45, 2.75) is 39.2 Å². The van der Waals surface area contributed by atoms with Crippen molar-refractivity contribution in [3.05, 3.63) is 22.6 Å². The monoisotopic (exact) mass is 327 g/mol. The number of hydrogen-bond donors (Lipinski definition) is 1. The van der Waals surface area contributed by atoms with Crippen LogP contribution in [-0.2, 0) is 9.53 Å². The van der Waals surface area contributed by atoms with E-state index in [4.69, 9.17) is 10.5 Å². The summed E-state index contributed by atoms with van der Waals surface area (Å²) in [6, 6.07) is 0. The second-order valence-electron chi connectivity index (χ2n) is 4.99. The number of anilines is 1. The van der Waals surface area contributed by atoms with Crippen molar-refractivity contribution in [3.63, 3.8) is 0 Å². The first-order chi connectivity index (χ1) is 8.78. The summed E-state index contributed by atoms with van der Waals surface area (Å²) in [6.07, 6.45) is 6.01. The van der Waals surface area contributed by atoms with Crippen molar-refractivity contribution in [1.29, 1.82) is 0 Å². The van der Waals surface area contributed by atoms with Gasteiger partial charge in [-0.15, -0.1) is 0 Å². The second kappa shape index (κ2) is 6.65. The summed E-state index contributed by atoms with van der Waals surface area (Å²) in [5.41, 5.74) is 5.82. The average Bonchev–Trinajstić information content (AvgIpc) is 2.26. The van der Waals surface area contributed by atoms with Crippen LogP contribution in [0.5, 0.6) is 0 Å². The summed E-state index contributed by atoms with van der Waals surface area (Å²) in [5.74, 6) is 0.141. The van der Waals surface area contributed by atoms with Gasteiger partial charge in [0.2, 0.25) is 0 Å². The lowest BCUT2D eigenvalue weighted by Gasteiger charge is -2.19. The largest absolute Gasteiger partial charge is 0.460 e. The summed E-state index contributed by atoms with van der Waals surface area (Å²) in [7, 11) is 0. The highest BCUT2D eigenvalue weighted by Crippen LogP contribution is 2.13. The van der Waals surface area contributed by atoms with Gasteiger partial charge in [-0.05, 0) is 49.2 Å². The molecule has 1 rings (SSSR count). The van der Waals surface area contributed by atoms with E-state index in [9.17, 15) is 4.79 Å². The van der Waals surface area contributed by atoms with Crippen LogP contribution in [-0.4, -0.2) is 21.5 Å². The van der Waals surface area contributed by atoms with Gasteiger partial charge in [0.1, 0.15) is 21.7 Å². The number of nitrogens with two attached hydrogens (primary N) is 1. The number of nitrogen functional groups attached to an aromatic ring is 1. The van der Waals surface area contributed by atoms with Gasteiger partial charge in [-0.3, -0.25) is 4.79 Å². The standard InChI is InChI=1S/C13H18BrN3O2/c1-13(2,3)19-11(18)7-5-4-6-9-12(15)16-8-10(14)17-9/h4,6,8H,5,7H2,1-3H3,(H2,15,16)/b6-4+. The van der Waals surface area contributed by atoms with Gasteiger partial charge in [0.25, 0.3) is 0 Å². The molecule has 0 saturated carbocycles. The number of allylic oxidation sites excluding steroid dienone is 1. The van der Waals surface area contributed by atoms with Gasteiger partial charge in [-0.25, -0.2) is 9.97 Å². The maximum absolute atomic E-state index is 11.5. The van der Waals surface area contributed by atoms with E-state index in [-0.39, 0.29) is 5.97 Å². The first-order valence-electron chi connectivity index (χ1n) is 5.94. The maximum Gasteiger partial charge on any atom is 0.306 e. The molecule has 0 spiro atoms. The Morgan fingerprint density at radius 3 is 2.84 bits per heavy atom. The number of carbonyl (C=O) groups is 1. The number of aromatic nitrogens is 2. The molecule has 0 aliphatic heterocycles. The van der Waals surface area contributed by atoms with Crippen molar-refractivity contribution in [1.82, 2.24) is 9.97 Å². The zero-order valence-corrected chi connectivity index (χ0v) is 12.9. The molecule has 6 heteroatoms. The van der Waals surface area contributed by atoms with Crippen molar-refractivity contribution < 1.29 is 9.53 Å². The molecule has 1 aromatic heterocycles. The Morgan fingerprint density at radius 2 is 2.21 bits per heavy atom. The van der Waals surface area contributed by atoms with Crippen molar-refractivity contribution >= 4 is 33.8 Å². The van der Waals surface area contributed by atoms with Crippen molar-refractivity contribution in [2.24, 2.45) is 0 Å². The minimum atomic E-state index is -0.443. The molecule has 0 atom stereocenters. The Morgan fingerprint density at radius 1 is 1.53 bits per heavy atom. The highest BCUT2D eigenvalue weighted by molar-refractivity contribution is 9.10. The lowest BCUT2D eigenvalue weighted by atomic mass is 10.2. The van der Waals surface area contributed by atoms with Crippen LogP contribution >= 0.6 is 15.9 Å². The molecule has 19 heavy (non-hydrogen) atoms. The number of hydrogen-bond acceptors (Lipinski definition) is 5. The fourth-order valence-corrected chi connectivity index (χ4v) is 1.59. The first-order valence-corrected chi connectivity index (χ1v) is 6.73. The van der Waals surface area contributed by atoms with Crippen LogP contribution in [0.15, 0.2) is 16.9 Å². The molecular formula is C13H18BrN3O2. The molecule has 0 aromatic carbocycles. The Labute approximate surface area is 121 Å². The van der Waals surface area contributed by atoms with Gasteiger partial charge in [0.05, 0.1) is 6.20 Å².